The Hall–Kier alpha value is -1.27. The molecule has 2 aromatic rings. The summed E-state index contributed by atoms with van der Waals surface area (Å²) in [4.78, 5) is 0. The minimum Gasteiger partial charge on any atom is -0.0843 e. The highest BCUT2D eigenvalue weighted by Crippen LogP contribution is 2.20. The minimum absolute atomic E-state index is 0.537. The Morgan fingerprint density at radius 1 is 0.846 bits per heavy atom. The molecule has 0 fully saturated rings. The SMILES string of the molecule is [2H]c1ccccc1-c1ccc(Cl)cc1. The first kappa shape index (κ1) is 7.16. The van der Waals surface area contributed by atoms with Gasteiger partial charge in [-0.25, -0.2) is 0 Å². The van der Waals surface area contributed by atoms with Gasteiger partial charge in [0.25, 0.3) is 0 Å². The summed E-state index contributed by atoms with van der Waals surface area (Å²) >= 11 is 5.79. The van der Waals surface area contributed by atoms with Crippen LogP contribution in [0, 0.1) is 0 Å². The van der Waals surface area contributed by atoms with Gasteiger partial charge in [-0.1, -0.05) is 54.0 Å². The molecule has 0 aliphatic rings. The van der Waals surface area contributed by atoms with Crippen LogP contribution in [0.15, 0.2) is 54.6 Å². The van der Waals surface area contributed by atoms with Crippen molar-refractivity contribution in [1.29, 1.82) is 0 Å². The zero-order valence-electron chi connectivity index (χ0n) is 8.00. The molecule has 0 saturated heterocycles. The number of rotatable bonds is 1. The zero-order chi connectivity index (χ0) is 9.97. The van der Waals surface area contributed by atoms with Gasteiger partial charge in [0.1, 0.15) is 0 Å². The van der Waals surface area contributed by atoms with Crippen LogP contribution >= 0.6 is 11.6 Å². The summed E-state index contributed by atoms with van der Waals surface area (Å²) in [5, 5.41) is 0.719. The Labute approximate surface area is 84.2 Å². The number of benzene rings is 2. The third kappa shape index (κ3) is 1.90. The third-order valence-electron chi connectivity index (χ3n) is 1.86. The molecule has 0 aliphatic carbocycles. The summed E-state index contributed by atoms with van der Waals surface area (Å²) in [5.74, 6) is 0. The summed E-state index contributed by atoms with van der Waals surface area (Å²) < 4.78 is 7.73. The molecule has 64 valence electrons. The molecule has 2 aromatic carbocycles. The Balaban J connectivity index is 2.50. The third-order valence-corrected chi connectivity index (χ3v) is 2.12. The average molecular weight is 190 g/mol. The van der Waals surface area contributed by atoms with Crippen molar-refractivity contribution in [2.24, 2.45) is 0 Å². The van der Waals surface area contributed by atoms with E-state index in [1.807, 2.05) is 42.5 Å². The topological polar surface area (TPSA) is 0 Å². The van der Waals surface area contributed by atoms with Gasteiger partial charge < -0.3 is 0 Å². The van der Waals surface area contributed by atoms with Gasteiger partial charge in [0.2, 0.25) is 0 Å². The molecule has 0 amide bonds. The molecule has 0 N–H and O–H groups in total. The van der Waals surface area contributed by atoms with E-state index in [-0.39, 0.29) is 0 Å². The fraction of sp³-hybridized carbons (Fsp3) is 0. The number of halogens is 1. The normalized spacial score (nSPS) is 11.0. The van der Waals surface area contributed by atoms with E-state index in [1.165, 1.54) is 0 Å². The lowest BCUT2D eigenvalue weighted by Gasteiger charge is -2.00. The maximum Gasteiger partial charge on any atom is 0.0629 e. The Kier molecular flexibility index (Phi) is 2.00. The van der Waals surface area contributed by atoms with Crippen LogP contribution in [0.25, 0.3) is 11.1 Å². The van der Waals surface area contributed by atoms with Crippen molar-refractivity contribution in [3.05, 3.63) is 59.6 Å². The molecule has 0 heterocycles. The van der Waals surface area contributed by atoms with Gasteiger partial charge in [-0.3, -0.25) is 0 Å². The first-order valence-electron chi connectivity index (χ1n) is 4.59. The molecular formula is C12H9Cl. The smallest absolute Gasteiger partial charge is 0.0629 e. The van der Waals surface area contributed by atoms with Gasteiger partial charge in [-0.2, -0.15) is 0 Å². The molecule has 1 heteroatoms. The molecule has 0 spiro atoms. The molecule has 13 heavy (non-hydrogen) atoms. The van der Waals surface area contributed by atoms with Crippen molar-refractivity contribution in [3.8, 4) is 11.1 Å². The molecule has 0 bridgehead atoms. The molecule has 2 rings (SSSR count). The molecule has 0 saturated carbocycles. The fourth-order valence-corrected chi connectivity index (χ4v) is 1.33. The number of hydrogen-bond donors (Lipinski definition) is 0. The van der Waals surface area contributed by atoms with Crippen LogP contribution in [-0.4, -0.2) is 0 Å². The summed E-state index contributed by atoms with van der Waals surface area (Å²) in [7, 11) is 0. The van der Waals surface area contributed by atoms with Gasteiger partial charge in [0.05, 0.1) is 1.37 Å². The van der Waals surface area contributed by atoms with E-state index in [2.05, 4.69) is 0 Å². The largest absolute Gasteiger partial charge is 0.0843 e. The van der Waals surface area contributed by atoms with E-state index in [9.17, 15) is 0 Å². The van der Waals surface area contributed by atoms with E-state index in [1.54, 1.807) is 6.07 Å². The van der Waals surface area contributed by atoms with Crippen LogP contribution in [0.2, 0.25) is 5.02 Å². The highest BCUT2D eigenvalue weighted by Gasteiger charge is 1.94. The van der Waals surface area contributed by atoms with Crippen molar-refractivity contribution < 1.29 is 1.37 Å². The van der Waals surface area contributed by atoms with Gasteiger partial charge in [0.15, 0.2) is 0 Å². The fourth-order valence-electron chi connectivity index (χ4n) is 1.20. The van der Waals surface area contributed by atoms with Crippen LogP contribution in [0.3, 0.4) is 0 Å². The van der Waals surface area contributed by atoms with Gasteiger partial charge in [-0.05, 0) is 23.3 Å². The molecular weight excluding hydrogens is 180 g/mol. The first-order chi connectivity index (χ1) is 6.77. The van der Waals surface area contributed by atoms with E-state index in [0.29, 0.717) is 6.04 Å². The number of hydrogen-bond acceptors (Lipinski definition) is 0. The Bertz CT molecular complexity index is 434. The summed E-state index contributed by atoms with van der Waals surface area (Å²) in [6.45, 7) is 0. The van der Waals surface area contributed by atoms with Gasteiger partial charge in [-0.15, -0.1) is 0 Å². The van der Waals surface area contributed by atoms with E-state index in [4.69, 9.17) is 13.0 Å². The second-order valence-corrected chi connectivity index (χ2v) is 3.22. The maximum absolute atomic E-state index is 7.73. The van der Waals surface area contributed by atoms with Crippen LogP contribution < -0.4 is 0 Å². The van der Waals surface area contributed by atoms with Crippen LogP contribution in [0.1, 0.15) is 1.37 Å². The summed E-state index contributed by atoms with van der Waals surface area (Å²) in [6.07, 6.45) is 0. The summed E-state index contributed by atoms with van der Waals surface area (Å²) in [5.41, 5.74) is 1.96. The van der Waals surface area contributed by atoms with E-state index < -0.39 is 0 Å². The van der Waals surface area contributed by atoms with Crippen molar-refractivity contribution in [1.82, 2.24) is 0 Å². The molecule has 0 unspecified atom stereocenters. The second-order valence-electron chi connectivity index (χ2n) is 2.78. The first-order valence-corrected chi connectivity index (χ1v) is 4.47. The van der Waals surface area contributed by atoms with Crippen LogP contribution in [0.4, 0.5) is 0 Å². The summed E-state index contributed by atoms with van der Waals surface area (Å²) in [6, 6.07) is 15.6. The van der Waals surface area contributed by atoms with Gasteiger partial charge >= 0.3 is 0 Å². The maximum atomic E-state index is 7.73. The molecule has 0 atom stereocenters. The minimum atomic E-state index is 0.537. The standard InChI is InChI=1S/C12H9Cl/c13-12-8-6-11(7-9-12)10-4-2-1-3-5-10/h1-9H/i4D. The lowest BCUT2D eigenvalue weighted by Crippen LogP contribution is -1.74. The predicted molar refractivity (Wildman–Crippen MR) is 56.9 cm³/mol. The molecule has 0 radical (unpaired) electrons. The predicted octanol–water partition coefficient (Wildman–Crippen LogP) is 4.01. The highest BCUT2D eigenvalue weighted by atomic mass is 35.5. The van der Waals surface area contributed by atoms with E-state index >= 15 is 0 Å². The van der Waals surface area contributed by atoms with Crippen molar-refractivity contribution >= 4 is 11.6 Å². The second kappa shape index (κ2) is 3.63. The Morgan fingerprint density at radius 2 is 1.62 bits per heavy atom. The molecule has 0 aromatic heterocycles. The molecule has 0 aliphatic heterocycles. The van der Waals surface area contributed by atoms with Crippen molar-refractivity contribution in [2.45, 2.75) is 0 Å². The zero-order valence-corrected chi connectivity index (χ0v) is 7.75. The van der Waals surface area contributed by atoms with E-state index in [0.717, 1.165) is 16.1 Å². The lowest BCUT2D eigenvalue weighted by molar-refractivity contribution is 1.62. The van der Waals surface area contributed by atoms with Crippen molar-refractivity contribution in [3.63, 3.8) is 0 Å². The van der Waals surface area contributed by atoms with Gasteiger partial charge in [0, 0.05) is 5.02 Å². The average Bonchev–Trinajstić information content (AvgIpc) is 2.20. The Morgan fingerprint density at radius 3 is 2.31 bits per heavy atom. The van der Waals surface area contributed by atoms with Crippen molar-refractivity contribution in [2.75, 3.05) is 0 Å². The molecule has 0 nitrogen and oxygen atoms in total. The monoisotopic (exact) mass is 189 g/mol. The van der Waals surface area contributed by atoms with Crippen LogP contribution in [-0.2, 0) is 0 Å². The highest BCUT2D eigenvalue weighted by molar-refractivity contribution is 6.30. The van der Waals surface area contributed by atoms with Crippen LogP contribution in [0.5, 0.6) is 0 Å². The lowest BCUT2D eigenvalue weighted by atomic mass is 10.1. The quantitative estimate of drug-likeness (QED) is 0.636.